The van der Waals surface area contributed by atoms with Gasteiger partial charge in [0.1, 0.15) is 0 Å². The van der Waals surface area contributed by atoms with Crippen LogP contribution in [0.15, 0.2) is 24.3 Å². The number of hydrogen-bond acceptors (Lipinski definition) is 3. The molecule has 0 spiro atoms. The molecule has 0 radical (unpaired) electrons. The molecule has 0 heterocycles. The van der Waals surface area contributed by atoms with Crippen LogP contribution in [-0.2, 0) is 6.54 Å². The zero-order valence-electron chi connectivity index (χ0n) is 11.1. The highest BCUT2D eigenvalue weighted by molar-refractivity contribution is 7.98. The normalized spacial score (nSPS) is 10.2. The molecule has 0 unspecified atom stereocenters. The second kappa shape index (κ2) is 9.99. The number of unbranched alkanes of at least 4 members (excludes halogenated alkanes) is 3. The quantitative estimate of drug-likeness (QED) is 0.691. The molecule has 1 aromatic rings. The second-order valence-electron chi connectivity index (χ2n) is 4.35. The number of nitriles is 1. The SMILES string of the molecule is CSCCCCCCNCc1ccccc1C#N. The van der Waals surface area contributed by atoms with E-state index in [0.717, 1.165) is 24.2 Å². The second-order valence-corrected chi connectivity index (χ2v) is 5.34. The summed E-state index contributed by atoms with van der Waals surface area (Å²) < 4.78 is 0. The predicted octanol–water partition coefficient (Wildman–Crippen LogP) is 3.57. The third-order valence-electron chi connectivity index (χ3n) is 2.91. The van der Waals surface area contributed by atoms with Crippen molar-refractivity contribution < 1.29 is 0 Å². The van der Waals surface area contributed by atoms with Crippen LogP contribution in [0.1, 0.15) is 36.8 Å². The summed E-state index contributed by atoms with van der Waals surface area (Å²) in [5, 5.41) is 12.4. The molecule has 0 fully saturated rings. The van der Waals surface area contributed by atoms with E-state index in [-0.39, 0.29) is 0 Å². The zero-order valence-corrected chi connectivity index (χ0v) is 11.9. The Morgan fingerprint density at radius 3 is 2.72 bits per heavy atom. The largest absolute Gasteiger partial charge is 0.313 e. The molecule has 0 saturated heterocycles. The Bertz CT molecular complexity index is 371. The first-order valence-electron chi connectivity index (χ1n) is 6.56. The lowest BCUT2D eigenvalue weighted by atomic mass is 10.1. The summed E-state index contributed by atoms with van der Waals surface area (Å²) in [5.74, 6) is 1.28. The van der Waals surface area contributed by atoms with E-state index in [0.29, 0.717) is 0 Å². The van der Waals surface area contributed by atoms with Gasteiger partial charge in [0.15, 0.2) is 0 Å². The third kappa shape index (κ3) is 6.09. The first kappa shape index (κ1) is 15.1. The molecule has 0 saturated carbocycles. The lowest BCUT2D eigenvalue weighted by molar-refractivity contribution is 0.599. The summed E-state index contributed by atoms with van der Waals surface area (Å²) in [6, 6.07) is 10.0. The highest BCUT2D eigenvalue weighted by Gasteiger charge is 1.99. The molecule has 0 bridgehead atoms. The zero-order chi connectivity index (χ0) is 13.1. The molecule has 3 heteroatoms. The molecular formula is C15H22N2S. The van der Waals surface area contributed by atoms with Gasteiger partial charge < -0.3 is 5.32 Å². The van der Waals surface area contributed by atoms with Gasteiger partial charge in [0.25, 0.3) is 0 Å². The minimum absolute atomic E-state index is 0.782. The highest BCUT2D eigenvalue weighted by atomic mass is 32.2. The molecule has 0 aliphatic carbocycles. The van der Waals surface area contributed by atoms with Crippen LogP contribution in [-0.4, -0.2) is 18.6 Å². The Kier molecular flexibility index (Phi) is 8.37. The monoisotopic (exact) mass is 262 g/mol. The van der Waals surface area contributed by atoms with Gasteiger partial charge in [-0.05, 0) is 43.0 Å². The van der Waals surface area contributed by atoms with Gasteiger partial charge in [0.05, 0.1) is 11.6 Å². The van der Waals surface area contributed by atoms with Crippen LogP contribution < -0.4 is 5.32 Å². The van der Waals surface area contributed by atoms with E-state index in [1.54, 1.807) is 0 Å². The van der Waals surface area contributed by atoms with E-state index in [2.05, 4.69) is 17.6 Å². The minimum Gasteiger partial charge on any atom is -0.313 e. The molecule has 0 aliphatic rings. The summed E-state index contributed by atoms with van der Waals surface area (Å²) in [6.45, 7) is 1.84. The van der Waals surface area contributed by atoms with Crippen LogP contribution in [0.5, 0.6) is 0 Å². The molecule has 1 aromatic carbocycles. The van der Waals surface area contributed by atoms with Crippen LogP contribution >= 0.6 is 11.8 Å². The first-order chi connectivity index (χ1) is 8.88. The molecule has 2 nitrogen and oxygen atoms in total. The fraction of sp³-hybridized carbons (Fsp3) is 0.533. The fourth-order valence-corrected chi connectivity index (χ4v) is 2.35. The Labute approximate surface area is 115 Å². The standard InChI is InChI=1S/C15H22N2S/c1-18-11-7-3-2-6-10-17-13-15-9-5-4-8-14(15)12-16/h4-5,8-9,17H,2-3,6-7,10-11,13H2,1H3. The molecule has 0 aliphatic heterocycles. The lowest BCUT2D eigenvalue weighted by Gasteiger charge is -2.06. The average Bonchev–Trinajstić information content (AvgIpc) is 2.42. The topological polar surface area (TPSA) is 35.8 Å². The van der Waals surface area contributed by atoms with E-state index in [1.807, 2.05) is 36.0 Å². The molecule has 0 atom stereocenters. The van der Waals surface area contributed by atoms with Crippen LogP contribution in [0.3, 0.4) is 0 Å². The van der Waals surface area contributed by atoms with Crippen molar-refractivity contribution in [2.24, 2.45) is 0 Å². The number of hydrogen-bond donors (Lipinski definition) is 1. The highest BCUT2D eigenvalue weighted by Crippen LogP contribution is 2.07. The number of thioether (sulfide) groups is 1. The Hall–Kier alpha value is -0.980. The van der Waals surface area contributed by atoms with E-state index < -0.39 is 0 Å². The Morgan fingerprint density at radius 2 is 1.94 bits per heavy atom. The summed E-state index contributed by atoms with van der Waals surface area (Å²) in [7, 11) is 0. The maximum atomic E-state index is 8.96. The van der Waals surface area contributed by atoms with Gasteiger partial charge >= 0.3 is 0 Å². The number of rotatable bonds is 9. The number of benzene rings is 1. The molecule has 1 N–H and O–H groups in total. The summed E-state index contributed by atoms with van der Waals surface area (Å²) in [4.78, 5) is 0. The van der Waals surface area contributed by atoms with Gasteiger partial charge in [0.2, 0.25) is 0 Å². The summed E-state index contributed by atoms with van der Waals surface area (Å²) in [6.07, 6.45) is 7.35. The van der Waals surface area contributed by atoms with Gasteiger partial charge in [-0.25, -0.2) is 0 Å². The van der Waals surface area contributed by atoms with Crippen molar-refractivity contribution >= 4 is 11.8 Å². The number of nitrogens with one attached hydrogen (secondary N) is 1. The Morgan fingerprint density at radius 1 is 1.17 bits per heavy atom. The van der Waals surface area contributed by atoms with Gasteiger partial charge in [-0.2, -0.15) is 17.0 Å². The van der Waals surface area contributed by atoms with Gasteiger partial charge in [-0.3, -0.25) is 0 Å². The molecule has 18 heavy (non-hydrogen) atoms. The van der Waals surface area contributed by atoms with Gasteiger partial charge in [-0.15, -0.1) is 0 Å². The van der Waals surface area contributed by atoms with E-state index in [1.165, 1.54) is 31.4 Å². The molecule has 98 valence electrons. The van der Waals surface area contributed by atoms with Crippen LogP contribution in [0.2, 0.25) is 0 Å². The molecule has 0 aromatic heterocycles. The minimum atomic E-state index is 0.782. The Balaban J connectivity index is 2.09. The van der Waals surface area contributed by atoms with Crippen molar-refractivity contribution in [3.8, 4) is 6.07 Å². The van der Waals surface area contributed by atoms with Crippen molar-refractivity contribution in [2.45, 2.75) is 32.2 Å². The van der Waals surface area contributed by atoms with E-state index in [9.17, 15) is 0 Å². The third-order valence-corrected chi connectivity index (χ3v) is 3.60. The smallest absolute Gasteiger partial charge is 0.0995 e. The van der Waals surface area contributed by atoms with Crippen molar-refractivity contribution in [3.63, 3.8) is 0 Å². The molecule has 0 amide bonds. The van der Waals surface area contributed by atoms with E-state index >= 15 is 0 Å². The summed E-state index contributed by atoms with van der Waals surface area (Å²) >= 11 is 1.93. The lowest BCUT2D eigenvalue weighted by Crippen LogP contribution is -2.15. The first-order valence-corrected chi connectivity index (χ1v) is 7.95. The van der Waals surface area contributed by atoms with Crippen molar-refractivity contribution in [2.75, 3.05) is 18.6 Å². The van der Waals surface area contributed by atoms with E-state index in [4.69, 9.17) is 5.26 Å². The maximum Gasteiger partial charge on any atom is 0.0995 e. The predicted molar refractivity (Wildman–Crippen MR) is 79.7 cm³/mol. The van der Waals surface area contributed by atoms with Crippen molar-refractivity contribution in [3.05, 3.63) is 35.4 Å². The van der Waals surface area contributed by atoms with Gasteiger partial charge in [0, 0.05) is 6.54 Å². The fourth-order valence-electron chi connectivity index (χ4n) is 1.86. The summed E-state index contributed by atoms with van der Waals surface area (Å²) in [5.41, 5.74) is 1.88. The maximum absolute atomic E-state index is 8.96. The van der Waals surface area contributed by atoms with Crippen LogP contribution in [0.4, 0.5) is 0 Å². The number of nitrogens with zero attached hydrogens (tertiary/aromatic N) is 1. The van der Waals surface area contributed by atoms with Crippen molar-refractivity contribution in [1.82, 2.24) is 5.32 Å². The van der Waals surface area contributed by atoms with Crippen LogP contribution in [0.25, 0.3) is 0 Å². The van der Waals surface area contributed by atoms with Gasteiger partial charge in [-0.1, -0.05) is 31.0 Å². The average molecular weight is 262 g/mol. The molecule has 1 rings (SSSR count). The molecular weight excluding hydrogens is 240 g/mol. The van der Waals surface area contributed by atoms with Crippen molar-refractivity contribution in [1.29, 1.82) is 5.26 Å². The van der Waals surface area contributed by atoms with Crippen LogP contribution in [0, 0.1) is 11.3 Å².